The van der Waals surface area contributed by atoms with Gasteiger partial charge in [0.2, 0.25) is 0 Å². The van der Waals surface area contributed by atoms with Crippen molar-refractivity contribution in [3.8, 4) is 5.75 Å². The Kier molecular flexibility index (Phi) is 4.22. The largest absolute Gasteiger partial charge is 0.496 e. The number of anilines is 1. The first-order valence-electron chi connectivity index (χ1n) is 7.53. The van der Waals surface area contributed by atoms with Gasteiger partial charge in [-0.25, -0.2) is 0 Å². The van der Waals surface area contributed by atoms with Crippen LogP contribution < -0.4 is 9.64 Å². The zero-order valence-electron chi connectivity index (χ0n) is 12.3. The number of ether oxygens (including phenoxy) is 1. The molecule has 3 nitrogen and oxygen atoms in total. The maximum absolute atomic E-state index is 5.33. The third-order valence-electron chi connectivity index (χ3n) is 4.65. The maximum atomic E-state index is 5.33. The van der Waals surface area contributed by atoms with Crippen LogP contribution in [0.4, 0.5) is 5.69 Å². The van der Waals surface area contributed by atoms with E-state index in [2.05, 4.69) is 50.9 Å². The van der Waals surface area contributed by atoms with Crippen molar-refractivity contribution in [1.82, 2.24) is 4.90 Å². The summed E-state index contributed by atoms with van der Waals surface area (Å²) in [5.41, 5.74) is 1.30. The second-order valence-corrected chi connectivity index (χ2v) is 6.82. The Bertz CT molecular complexity index is 480. The van der Waals surface area contributed by atoms with Crippen LogP contribution in [0.15, 0.2) is 22.7 Å². The topological polar surface area (TPSA) is 15.7 Å². The van der Waals surface area contributed by atoms with Gasteiger partial charge in [0.15, 0.2) is 0 Å². The number of hydrogen-bond acceptors (Lipinski definition) is 3. The van der Waals surface area contributed by atoms with Gasteiger partial charge in [-0.2, -0.15) is 0 Å². The van der Waals surface area contributed by atoms with Crippen LogP contribution in [0.25, 0.3) is 0 Å². The molecule has 2 fully saturated rings. The summed E-state index contributed by atoms with van der Waals surface area (Å²) in [6.07, 6.45) is 4.10. The van der Waals surface area contributed by atoms with Gasteiger partial charge in [0.05, 0.1) is 11.6 Å². The van der Waals surface area contributed by atoms with Crippen LogP contribution in [0.3, 0.4) is 0 Å². The molecule has 2 heterocycles. The molecule has 3 rings (SSSR count). The summed E-state index contributed by atoms with van der Waals surface area (Å²) in [6.45, 7) is 5.96. The zero-order valence-corrected chi connectivity index (χ0v) is 13.9. The summed E-state index contributed by atoms with van der Waals surface area (Å²) in [5, 5.41) is 0. The summed E-state index contributed by atoms with van der Waals surface area (Å²) in [5.74, 6) is 0.901. The molecule has 0 spiro atoms. The Morgan fingerprint density at radius 2 is 2.10 bits per heavy atom. The number of methoxy groups -OCH3 is 1. The zero-order chi connectivity index (χ0) is 14.1. The minimum absolute atomic E-state index is 0.574. The van der Waals surface area contributed by atoms with Crippen molar-refractivity contribution in [1.29, 1.82) is 0 Å². The number of rotatable bonds is 2. The molecule has 0 bridgehead atoms. The van der Waals surface area contributed by atoms with Crippen molar-refractivity contribution in [2.45, 2.75) is 38.3 Å². The summed E-state index contributed by atoms with van der Waals surface area (Å²) < 4.78 is 6.36. The van der Waals surface area contributed by atoms with E-state index < -0.39 is 0 Å². The second-order valence-electron chi connectivity index (χ2n) is 5.96. The van der Waals surface area contributed by atoms with Crippen molar-refractivity contribution in [3.05, 3.63) is 22.7 Å². The molecule has 0 aliphatic carbocycles. The minimum atomic E-state index is 0.574. The fourth-order valence-corrected chi connectivity index (χ4v) is 4.07. The smallest absolute Gasteiger partial charge is 0.133 e. The number of fused-ring (bicyclic) bond motifs is 1. The van der Waals surface area contributed by atoms with E-state index in [0.717, 1.165) is 22.8 Å². The molecule has 2 unspecified atom stereocenters. The van der Waals surface area contributed by atoms with E-state index in [0.29, 0.717) is 6.04 Å². The highest BCUT2D eigenvalue weighted by molar-refractivity contribution is 9.10. The van der Waals surface area contributed by atoms with Crippen molar-refractivity contribution in [3.63, 3.8) is 0 Å². The Labute approximate surface area is 130 Å². The van der Waals surface area contributed by atoms with Gasteiger partial charge >= 0.3 is 0 Å². The summed E-state index contributed by atoms with van der Waals surface area (Å²) >= 11 is 3.60. The molecule has 1 aromatic rings. The molecule has 0 radical (unpaired) electrons. The fraction of sp³-hybridized carbons (Fsp3) is 0.625. The molecule has 20 heavy (non-hydrogen) atoms. The highest BCUT2D eigenvalue weighted by Crippen LogP contribution is 2.33. The second kappa shape index (κ2) is 5.94. The van der Waals surface area contributed by atoms with E-state index in [1.165, 1.54) is 38.0 Å². The Balaban J connectivity index is 1.80. The third-order valence-corrected chi connectivity index (χ3v) is 5.27. The lowest BCUT2D eigenvalue weighted by Gasteiger charge is -2.48. The summed E-state index contributed by atoms with van der Waals surface area (Å²) in [6, 6.07) is 7.73. The molecule has 4 heteroatoms. The molecule has 0 amide bonds. The van der Waals surface area contributed by atoms with Crippen LogP contribution >= 0.6 is 15.9 Å². The third kappa shape index (κ3) is 2.68. The van der Waals surface area contributed by atoms with Gasteiger partial charge in [-0.1, -0.05) is 6.42 Å². The van der Waals surface area contributed by atoms with E-state index >= 15 is 0 Å². The summed E-state index contributed by atoms with van der Waals surface area (Å²) in [7, 11) is 1.71. The first-order chi connectivity index (χ1) is 9.69. The molecule has 2 aliphatic rings. The highest BCUT2D eigenvalue weighted by atomic mass is 79.9. The van der Waals surface area contributed by atoms with Crippen molar-refractivity contribution < 1.29 is 4.74 Å². The van der Waals surface area contributed by atoms with Crippen molar-refractivity contribution >= 4 is 21.6 Å². The molecule has 2 atom stereocenters. The number of hydrogen-bond donors (Lipinski definition) is 0. The van der Waals surface area contributed by atoms with E-state index in [4.69, 9.17) is 4.74 Å². The van der Waals surface area contributed by atoms with Crippen LogP contribution in [0.5, 0.6) is 5.75 Å². The number of halogens is 1. The number of piperidine rings is 1. The molecule has 0 aromatic heterocycles. The van der Waals surface area contributed by atoms with Crippen molar-refractivity contribution in [2.75, 3.05) is 31.6 Å². The standard InChI is InChI=1S/C16H23BrN2O/c1-12-10-18-8-4-3-5-14(18)11-19(12)13-6-7-16(20-2)15(17)9-13/h6-7,9,12,14H,3-5,8,10-11H2,1-2H3. The van der Waals surface area contributed by atoms with Gasteiger partial charge in [0.1, 0.15) is 5.75 Å². The van der Waals surface area contributed by atoms with Gasteiger partial charge in [0.25, 0.3) is 0 Å². The van der Waals surface area contributed by atoms with Crippen LogP contribution in [0.1, 0.15) is 26.2 Å². The van der Waals surface area contributed by atoms with E-state index in [1.807, 2.05) is 0 Å². The van der Waals surface area contributed by atoms with E-state index in [1.54, 1.807) is 7.11 Å². The Hall–Kier alpha value is -0.740. The lowest BCUT2D eigenvalue weighted by atomic mass is 9.96. The predicted octanol–water partition coefficient (Wildman–Crippen LogP) is 3.52. The van der Waals surface area contributed by atoms with Gasteiger partial charge in [-0.05, 0) is 60.4 Å². The molecule has 1 aromatic carbocycles. The molecule has 0 saturated carbocycles. The molecular formula is C16H23BrN2O. The van der Waals surface area contributed by atoms with Crippen molar-refractivity contribution in [2.24, 2.45) is 0 Å². The average molecular weight is 339 g/mol. The van der Waals surface area contributed by atoms with Crippen LogP contribution in [-0.4, -0.2) is 43.7 Å². The van der Waals surface area contributed by atoms with Crippen LogP contribution in [0.2, 0.25) is 0 Å². The van der Waals surface area contributed by atoms with Crippen LogP contribution in [0, 0.1) is 0 Å². The predicted molar refractivity (Wildman–Crippen MR) is 86.7 cm³/mol. The van der Waals surface area contributed by atoms with E-state index in [-0.39, 0.29) is 0 Å². The monoisotopic (exact) mass is 338 g/mol. The normalized spacial score (nSPS) is 27.2. The molecule has 2 saturated heterocycles. The molecule has 2 aliphatic heterocycles. The highest BCUT2D eigenvalue weighted by Gasteiger charge is 2.33. The SMILES string of the molecule is COc1ccc(N2CC3CCCCN3CC2C)cc1Br. The first kappa shape index (κ1) is 14.2. The van der Waals surface area contributed by atoms with Gasteiger partial charge in [-0.15, -0.1) is 0 Å². The van der Waals surface area contributed by atoms with Gasteiger partial charge in [-0.3, -0.25) is 4.90 Å². The minimum Gasteiger partial charge on any atom is -0.496 e. The average Bonchev–Trinajstić information content (AvgIpc) is 2.46. The molecular weight excluding hydrogens is 316 g/mol. The number of nitrogens with zero attached hydrogens (tertiary/aromatic N) is 2. The Morgan fingerprint density at radius 1 is 1.25 bits per heavy atom. The van der Waals surface area contributed by atoms with E-state index in [9.17, 15) is 0 Å². The maximum Gasteiger partial charge on any atom is 0.133 e. The van der Waals surface area contributed by atoms with Gasteiger partial charge in [0, 0.05) is 30.9 Å². The lowest BCUT2D eigenvalue weighted by Crippen LogP contribution is -2.58. The molecule has 0 N–H and O–H groups in total. The number of piperazine rings is 1. The first-order valence-corrected chi connectivity index (χ1v) is 8.32. The van der Waals surface area contributed by atoms with Crippen LogP contribution in [-0.2, 0) is 0 Å². The fourth-order valence-electron chi connectivity index (χ4n) is 3.55. The summed E-state index contributed by atoms with van der Waals surface area (Å²) in [4.78, 5) is 5.24. The molecule has 110 valence electrons. The quantitative estimate of drug-likeness (QED) is 0.820. The Morgan fingerprint density at radius 3 is 2.85 bits per heavy atom. The lowest BCUT2D eigenvalue weighted by molar-refractivity contribution is 0.115. The van der Waals surface area contributed by atoms with Gasteiger partial charge < -0.3 is 9.64 Å². The number of benzene rings is 1.